The Morgan fingerprint density at radius 2 is 1.82 bits per heavy atom. The van der Waals surface area contributed by atoms with Gasteiger partial charge in [-0.2, -0.15) is 0 Å². The molecule has 1 saturated heterocycles. The highest BCUT2D eigenvalue weighted by Crippen LogP contribution is 2.41. The number of nitrogens with one attached hydrogen (secondary N) is 1. The van der Waals surface area contributed by atoms with E-state index in [2.05, 4.69) is 16.0 Å². The number of halogens is 1. The second kappa shape index (κ2) is 9.39. The summed E-state index contributed by atoms with van der Waals surface area (Å²) in [5, 5.41) is 1.47. The van der Waals surface area contributed by atoms with E-state index in [-0.39, 0.29) is 23.2 Å². The van der Waals surface area contributed by atoms with Crippen molar-refractivity contribution in [2.45, 2.75) is 25.3 Å². The number of hydrogen-bond donors (Lipinski definition) is 1. The van der Waals surface area contributed by atoms with Crippen LogP contribution in [0, 0.1) is 11.7 Å². The van der Waals surface area contributed by atoms with Gasteiger partial charge in [0.2, 0.25) is 0 Å². The molecule has 0 amide bonds. The number of nitrogens with zero attached hydrogens (tertiary/aromatic N) is 2. The van der Waals surface area contributed by atoms with Crippen molar-refractivity contribution in [3.8, 4) is 11.1 Å². The van der Waals surface area contributed by atoms with E-state index in [1.165, 1.54) is 18.4 Å². The number of sulfone groups is 1. The van der Waals surface area contributed by atoms with Gasteiger partial charge in [-0.1, -0.05) is 6.07 Å². The number of H-pyrrole nitrogens is 1. The molecule has 1 aromatic rings. The van der Waals surface area contributed by atoms with Crippen molar-refractivity contribution in [3.63, 3.8) is 0 Å². The Balaban J connectivity index is 1.62. The van der Waals surface area contributed by atoms with Crippen molar-refractivity contribution in [1.82, 2.24) is 4.98 Å². The topological polar surface area (TPSA) is 82.7 Å². The molecule has 7 nitrogen and oxygen atoms in total. The Kier molecular flexibility index (Phi) is 6.15. The molecule has 1 aliphatic carbocycles. The van der Waals surface area contributed by atoms with E-state index in [9.17, 15) is 17.6 Å². The molecule has 6 rings (SSSR count). The lowest BCUT2D eigenvalue weighted by Crippen LogP contribution is -2.37. The predicted octanol–water partition coefficient (Wildman–Crippen LogP) is 2.90. The number of aromatic amines is 1. The minimum absolute atomic E-state index is 0.0629. The van der Waals surface area contributed by atoms with Crippen LogP contribution in [0.2, 0.25) is 0 Å². The second-order valence-corrected chi connectivity index (χ2v) is 12.6. The van der Waals surface area contributed by atoms with Crippen molar-refractivity contribution in [1.29, 1.82) is 0 Å². The minimum Gasteiger partial charge on any atom is -0.381 e. The summed E-state index contributed by atoms with van der Waals surface area (Å²) in [6, 6.07) is 10.3. The van der Waals surface area contributed by atoms with Gasteiger partial charge in [0, 0.05) is 54.5 Å². The molecular weight excluding hydrogens is 505 g/mol. The largest absolute Gasteiger partial charge is 0.381 e. The number of benzene rings is 1. The van der Waals surface area contributed by atoms with E-state index >= 15 is 0 Å². The standard InChI is InChI=1S/C29H30FN3O4S/c1-32-12-9-19(17-38(2,35)36)23-7-8-25-26-24(31-29(34)27(26)28(23)32)16-22(15-18-10-13-37-14-11-18)33(25)21-5-3-20(30)4-6-21/h3-9,12,16,18,22H,10-11,13-15,17H2,1-2H3,(H,31,34). The van der Waals surface area contributed by atoms with Gasteiger partial charge in [-0.05, 0) is 73.2 Å². The molecule has 38 heavy (non-hydrogen) atoms. The van der Waals surface area contributed by atoms with E-state index in [4.69, 9.17) is 4.74 Å². The highest BCUT2D eigenvalue weighted by Gasteiger charge is 2.33. The summed E-state index contributed by atoms with van der Waals surface area (Å²) in [6.07, 6.45) is 9.72. The third kappa shape index (κ3) is 4.43. The first-order chi connectivity index (χ1) is 18.2. The summed E-state index contributed by atoms with van der Waals surface area (Å²) in [4.78, 5) is 20.7. The zero-order chi connectivity index (χ0) is 26.6. The quantitative estimate of drug-likeness (QED) is 0.541. The first-order valence-electron chi connectivity index (χ1n) is 12.8. The van der Waals surface area contributed by atoms with Gasteiger partial charge in [0.1, 0.15) is 5.82 Å². The van der Waals surface area contributed by atoms with Gasteiger partial charge in [0.05, 0.1) is 28.7 Å². The summed E-state index contributed by atoms with van der Waals surface area (Å²) < 4.78 is 44.0. The van der Waals surface area contributed by atoms with Gasteiger partial charge in [0.25, 0.3) is 5.56 Å². The highest BCUT2D eigenvalue weighted by atomic mass is 32.2. The van der Waals surface area contributed by atoms with Crippen LogP contribution in [0.25, 0.3) is 22.8 Å². The highest BCUT2D eigenvalue weighted by molar-refractivity contribution is 7.91. The Morgan fingerprint density at radius 3 is 2.53 bits per heavy atom. The summed E-state index contributed by atoms with van der Waals surface area (Å²) in [6.45, 7) is 1.48. The number of allylic oxidation sites excluding steroid dienone is 1. The van der Waals surface area contributed by atoms with Crippen molar-refractivity contribution in [2.75, 3.05) is 42.1 Å². The average Bonchev–Trinajstić information content (AvgIpc) is 3.07. The van der Waals surface area contributed by atoms with Gasteiger partial charge in [-0.3, -0.25) is 4.79 Å². The van der Waals surface area contributed by atoms with Crippen LogP contribution in [0.5, 0.6) is 0 Å². The molecule has 0 bridgehead atoms. The van der Waals surface area contributed by atoms with Gasteiger partial charge in [0.15, 0.2) is 9.84 Å². The number of ether oxygens (including phenoxy) is 1. The second-order valence-electron chi connectivity index (χ2n) is 10.5. The van der Waals surface area contributed by atoms with Crippen LogP contribution in [-0.4, -0.2) is 51.7 Å². The zero-order valence-electron chi connectivity index (χ0n) is 21.4. The fraction of sp³-hybridized carbons (Fsp3) is 0.345. The van der Waals surface area contributed by atoms with Crippen molar-refractivity contribution >= 4 is 38.5 Å². The summed E-state index contributed by atoms with van der Waals surface area (Å²) in [5.41, 5.74) is 4.06. The molecule has 0 saturated carbocycles. The summed E-state index contributed by atoms with van der Waals surface area (Å²) in [5.74, 6) is 0.0193. The fourth-order valence-corrected chi connectivity index (χ4v) is 6.86. The third-order valence-electron chi connectivity index (χ3n) is 7.74. The number of anilines is 3. The van der Waals surface area contributed by atoms with Crippen LogP contribution in [0.3, 0.4) is 0 Å². The lowest BCUT2D eigenvalue weighted by molar-refractivity contribution is 0.0633. The number of rotatable bonds is 5. The van der Waals surface area contributed by atoms with Crippen molar-refractivity contribution in [2.24, 2.45) is 5.92 Å². The van der Waals surface area contributed by atoms with Gasteiger partial charge in [-0.15, -0.1) is 0 Å². The molecule has 1 fully saturated rings. The average molecular weight is 536 g/mol. The molecule has 1 N–H and O–H groups in total. The molecule has 0 aromatic heterocycles. The molecule has 4 heterocycles. The van der Waals surface area contributed by atoms with Crippen molar-refractivity contribution < 1.29 is 17.5 Å². The third-order valence-corrected chi connectivity index (χ3v) is 8.57. The maximum atomic E-state index is 13.9. The molecule has 0 radical (unpaired) electrons. The molecule has 0 spiro atoms. The first kappa shape index (κ1) is 24.9. The van der Waals surface area contributed by atoms with E-state index in [1.807, 2.05) is 24.1 Å². The van der Waals surface area contributed by atoms with E-state index in [0.717, 1.165) is 54.8 Å². The first-order valence-corrected chi connectivity index (χ1v) is 14.9. The SMILES string of the molecule is CN1C=CC(CS(C)(=O)=O)=c2ccc3c4c([nH]c(=O)c-4c21)=CC(CC1CCOCC1)N3c1ccc(F)cc1. The molecule has 4 aliphatic heterocycles. The lowest BCUT2D eigenvalue weighted by Gasteiger charge is -2.37. The number of fused-ring (bicyclic) bond motifs is 2. The Morgan fingerprint density at radius 1 is 1.08 bits per heavy atom. The smallest absolute Gasteiger partial charge is 0.258 e. The van der Waals surface area contributed by atoms with Crippen LogP contribution >= 0.6 is 0 Å². The lowest BCUT2D eigenvalue weighted by atomic mass is 9.89. The van der Waals surface area contributed by atoms with Crippen LogP contribution in [0.1, 0.15) is 19.3 Å². The van der Waals surface area contributed by atoms with E-state index in [1.54, 1.807) is 24.4 Å². The van der Waals surface area contributed by atoms with Crippen LogP contribution < -0.4 is 25.9 Å². The number of aromatic nitrogens is 1. The van der Waals surface area contributed by atoms with Gasteiger partial charge < -0.3 is 19.5 Å². The Bertz CT molecular complexity index is 1690. The molecule has 1 aromatic carbocycles. The maximum Gasteiger partial charge on any atom is 0.258 e. The van der Waals surface area contributed by atoms with Gasteiger partial charge in [-0.25, -0.2) is 12.8 Å². The Labute approximate surface area is 220 Å². The van der Waals surface area contributed by atoms with Crippen molar-refractivity contribution in [3.05, 3.63) is 75.4 Å². The zero-order valence-corrected chi connectivity index (χ0v) is 22.2. The minimum atomic E-state index is -3.31. The normalized spacial score (nSPS) is 19.6. The van der Waals surface area contributed by atoms with Crippen LogP contribution in [0.4, 0.5) is 21.5 Å². The molecule has 1 unspecified atom stereocenters. The molecular formula is C29H30FN3O4S. The molecule has 5 aliphatic rings. The summed E-state index contributed by atoms with van der Waals surface area (Å²) in [7, 11) is -1.45. The molecule has 9 heteroatoms. The predicted molar refractivity (Wildman–Crippen MR) is 149 cm³/mol. The van der Waals surface area contributed by atoms with E-state index < -0.39 is 9.84 Å². The maximum absolute atomic E-state index is 13.9. The van der Waals surface area contributed by atoms with Gasteiger partial charge >= 0.3 is 0 Å². The van der Waals surface area contributed by atoms with E-state index in [0.29, 0.717) is 28.0 Å². The molecule has 198 valence electrons. The number of hydrogen-bond acceptors (Lipinski definition) is 6. The van der Waals surface area contributed by atoms with Crippen LogP contribution in [0.15, 0.2) is 53.5 Å². The monoisotopic (exact) mass is 535 g/mol. The van der Waals surface area contributed by atoms with Crippen LogP contribution in [-0.2, 0) is 14.6 Å². The summed E-state index contributed by atoms with van der Waals surface area (Å²) >= 11 is 0. The Hall–Kier alpha value is -3.43. The fourth-order valence-electron chi connectivity index (χ4n) is 6.05. The molecule has 1 atom stereocenters.